The lowest BCUT2D eigenvalue weighted by Gasteiger charge is -2.29. The first-order valence-corrected chi connectivity index (χ1v) is 9.48. The number of pyridine rings is 1. The van der Waals surface area contributed by atoms with Gasteiger partial charge in [-0.25, -0.2) is 23.4 Å². The van der Waals surface area contributed by atoms with Crippen LogP contribution in [0.15, 0.2) is 41.7 Å². The van der Waals surface area contributed by atoms with Gasteiger partial charge in [-0.2, -0.15) is 0 Å². The second-order valence-corrected chi connectivity index (χ2v) is 7.11. The molecule has 0 bridgehead atoms. The molecule has 1 amide bonds. The summed E-state index contributed by atoms with van der Waals surface area (Å²) >= 11 is 7.47. The summed E-state index contributed by atoms with van der Waals surface area (Å²) in [5.74, 6) is -1.12. The van der Waals surface area contributed by atoms with E-state index in [-0.39, 0.29) is 29.0 Å². The number of aromatic nitrogens is 4. The van der Waals surface area contributed by atoms with Crippen LogP contribution in [-0.4, -0.2) is 38.1 Å². The lowest BCUT2D eigenvalue weighted by atomic mass is 10.2. The monoisotopic (exact) mass is 423 g/mol. The van der Waals surface area contributed by atoms with Gasteiger partial charge in [-0.1, -0.05) is 23.4 Å². The molecule has 3 aromatic rings. The predicted octanol–water partition coefficient (Wildman–Crippen LogP) is 3.07. The van der Waals surface area contributed by atoms with Crippen molar-refractivity contribution in [2.45, 2.75) is 11.8 Å². The summed E-state index contributed by atoms with van der Waals surface area (Å²) in [5.41, 5.74) is 0.243. The van der Waals surface area contributed by atoms with Crippen molar-refractivity contribution < 1.29 is 18.3 Å². The minimum Gasteiger partial charge on any atom is -0.482 e. The maximum Gasteiger partial charge on any atom is 0.275 e. The number of rotatable bonds is 4. The van der Waals surface area contributed by atoms with Crippen LogP contribution in [0.5, 0.6) is 5.75 Å². The van der Waals surface area contributed by atoms with Crippen LogP contribution in [0.3, 0.4) is 0 Å². The molecule has 3 heterocycles. The van der Waals surface area contributed by atoms with Crippen molar-refractivity contribution in [3.63, 3.8) is 0 Å². The van der Waals surface area contributed by atoms with Gasteiger partial charge in [0.15, 0.2) is 17.4 Å². The van der Waals surface area contributed by atoms with Crippen LogP contribution in [0.25, 0.3) is 0 Å². The largest absolute Gasteiger partial charge is 0.482 e. The Labute approximate surface area is 167 Å². The second kappa shape index (κ2) is 7.72. The number of hydrogen-bond acceptors (Lipinski definition) is 6. The molecule has 0 N–H and O–H groups in total. The van der Waals surface area contributed by atoms with Gasteiger partial charge in [0, 0.05) is 18.0 Å². The van der Waals surface area contributed by atoms with Crippen LogP contribution in [-0.2, 0) is 6.61 Å². The second-order valence-electron chi connectivity index (χ2n) is 5.69. The van der Waals surface area contributed by atoms with Crippen molar-refractivity contribution in [3.8, 4) is 5.75 Å². The van der Waals surface area contributed by atoms with Gasteiger partial charge in [0.1, 0.15) is 17.6 Å². The summed E-state index contributed by atoms with van der Waals surface area (Å²) in [7, 11) is 0. The fourth-order valence-corrected chi connectivity index (χ4v) is 3.72. The van der Waals surface area contributed by atoms with E-state index in [1.165, 1.54) is 33.7 Å². The summed E-state index contributed by atoms with van der Waals surface area (Å²) in [6, 6.07) is 6.20. The fraction of sp³-hybridized carbons (Fsp3) is 0.176. The Hall–Kier alpha value is -2.72. The number of thioether (sulfide) groups is 1. The van der Waals surface area contributed by atoms with Gasteiger partial charge in [0.25, 0.3) is 5.91 Å². The number of fused-ring (bicyclic) bond motifs is 1. The topological polar surface area (TPSA) is 73.1 Å². The minimum absolute atomic E-state index is 0.0894. The smallest absolute Gasteiger partial charge is 0.275 e. The molecular formula is C17H12ClF2N5O2S. The molecule has 1 aliphatic rings. The standard InChI is InChI=1S/C17H12ClF2N5O2S/c18-15-11(2-1-5-21-15)16(26)24-6-7-28-17-23-22-14(25(17)24)9-27-13-4-3-10(19)8-12(13)20/h1-5,8H,6-7,9H2. The third-order valence-corrected chi connectivity index (χ3v) is 5.13. The van der Waals surface area contributed by atoms with Crippen LogP contribution in [0.1, 0.15) is 16.2 Å². The molecule has 7 nitrogen and oxygen atoms in total. The minimum atomic E-state index is -0.831. The van der Waals surface area contributed by atoms with Crippen LogP contribution >= 0.6 is 23.4 Å². The molecule has 0 saturated heterocycles. The summed E-state index contributed by atoms with van der Waals surface area (Å²) in [4.78, 5) is 16.9. The fourth-order valence-electron chi connectivity index (χ4n) is 2.65. The number of nitrogens with zero attached hydrogens (tertiary/aromatic N) is 5. The normalized spacial score (nSPS) is 13.3. The molecular weight excluding hydrogens is 412 g/mol. The Morgan fingerprint density at radius 1 is 1.29 bits per heavy atom. The SMILES string of the molecule is O=C(c1cccnc1Cl)N1CCSc2nnc(COc3ccc(F)cc3F)n21. The first-order chi connectivity index (χ1) is 13.5. The average molecular weight is 424 g/mol. The Bertz CT molecular complexity index is 1050. The van der Waals surface area contributed by atoms with Crippen LogP contribution in [0, 0.1) is 11.6 Å². The Morgan fingerprint density at radius 2 is 2.14 bits per heavy atom. The average Bonchev–Trinajstić information content (AvgIpc) is 3.10. The zero-order chi connectivity index (χ0) is 19.7. The molecule has 11 heteroatoms. The van der Waals surface area contributed by atoms with E-state index in [0.29, 0.717) is 23.3 Å². The lowest BCUT2D eigenvalue weighted by molar-refractivity contribution is 0.0952. The van der Waals surface area contributed by atoms with Gasteiger partial charge in [-0.15, -0.1) is 10.2 Å². The van der Waals surface area contributed by atoms with E-state index < -0.39 is 11.6 Å². The first kappa shape index (κ1) is 18.6. The van der Waals surface area contributed by atoms with Gasteiger partial charge in [-0.3, -0.25) is 4.79 Å². The zero-order valence-electron chi connectivity index (χ0n) is 14.2. The number of hydrogen-bond donors (Lipinski definition) is 0. The Morgan fingerprint density at radius 3 is 2.93 bits per heavy atom. The molecule has 0 radical (unpaired) electrons. The van der Waals surface area contributed by atoms with Crippen molar-refractivity contribution in [3.05, 3.63) is 64.7 Å². The lowest BCUT2D eigenvalue weighted by Crippen LogP contribution is -2.46. The molecule has 0 spiro atoms. The van der Waals surface area contributed by atoms with E-state index in [9.17, 15) is 13.6 Å². The van der Waals surface area contributed by atoms with E-state index >= 15 is 0 Å². The van der Waals surface area contributed by atoms with Crippen molar-refractivity contribution in [2.75, 3.05) is 17.3 Å². The van der Waals surface area contributed by atoms with E-state index in [1.807, 2.05) is 0 Å². The molecule has 0 unspecified atom stereocenters. The molecule has 0 atom stereocenters. The van der Waals surface area contributed by atoms with Crippen molar-refractivity contribution in [2.24, 2.45) is 0 Å². The van der Waals surface area contributed by atoms with E-state index in [4.69, 9.17) is 16.3 Å². The highest BCUT2D eigenvalue weighted by Gasteiger charge is 2.29. The number of halogens is 3. The van der Waals surface area contributed by atoms with Crippen molar-refractivity contribution in [1.29, 1.82) is 0 Å². The number of carbonyl (C=O) groups is 1. The maximum atomic E-state index is 13.8. The Kier molecular flexibility index (Phi) is 5.14. The van der Waals surface area contributed by atoms with Crippen LogP contribution in [0.4, 0.5) is 8.78 Å². The quantitative estimate of drug-likeness (QED) is 0.600. The van der Waals surface area contributed by atoms with Crippen LogP contribution < -0.4 is 9.75 Å². The summed E-state index contributed by atoms with van der Waals surface area (Å²) < 4.78 is 33.8. The third-order valence-electron chi connectivity index (χ3n) is 3.93. The number of carbonyl (C=O) groups excluding carboxylic acids is 1. The molecule has 2 aromatic heterocycles. The third kappa shape index (κ3) is 3.52. The van der Waals surface area contributed by atoms with Gasteiger partial charge in [0.2, 0.25) is 5.16 Å². The highest BCUT2D eigenvalue weighted by Crippen LogP contribution is 2.26. The molecule has 0 saturated carbocycles. The number of benzene rings is 1. The highest BCUT2D eigenvalue weighted by atomic mass is 35.5. The summed E-state index contributed by atoms with van der Waals surface area (Å²) in [5, 5.41) is 10.1. The molecule has 1 aliphatic heterocycles. The molecule has 1 aromatic carbocycles. The van der Waals surface area contributed by atoms with Gasteiger partial charge >= 0.3 is 0 Å². The molecule has 0 fully saturated rings. The highest BCUT2D eigenvalue weighted by molar-refractivity contribution is 7.99. The maximum absolute atomic E-state index is 13.8. The van der Waals surface area contributed by atoms with E-state index in [2.05, 4.69) is 15.2 Å². The van der Waals surface area contributed by atoms with E-state index in [0.717, 1.165) is 12.1 Å². The molecule has 28 heavy (non-hydrogen) atoms. The molecule has 144 valence electrons. The zero-order valence-corrected chi connectivity index (χ0v) is 15.8. The van der Waals surface area contributed by atoms with Crippen LogP contribution in [0.2, 0.25) is 5.15 Å². The first-order valence-electron chi connectivity index (χ1n) is 8.12. The van der Waals surface area contributed by atoms with Crippen molar-refractivity contribution >= 4 is 29.3 Å². The van der Waals surface area contributed by atoms with Gasteiger partial charge in [-0.05, 0) is 24.3 Å². The summed E-state index contributed by atoms with van der Waals surface area (Å²) in [6.45, 7) is 0.221. The Balaban J connectivity index is 1.61. The van der Waals surface area contributed by atoms with Crippen molar-refractivity contribution in [1.82, 2.24) is 19.9 Å². The predicted molar refractivity (Wildman–Crippen MR) is 98.1 cm³/mol. The summed E-state index contributed by atoms with van der Waals surface area (Å²) in [6.07, 6.45) is 1.49. The molecule has 0 aliphatic carbocycles. The van der Waals surface area contributed by atoms with E-state index in [1.54, 1.807) is 12.1 Å². The number of ether oxygens (including phenoxy) is 1. The molecule has 4 rings (SSSR count). The number of amides is 1. The van der Waals surface area contributed by atoms with Gasteiger partial charge < -0.3 is 4.74 Å². The van der Waals surface area contributed by atoms with Gasteiger partial charge in [0.05, 0.1) is 12.1 Å².